The van der Waals surface area contributed by atoms with Crippen LogP contribution >= 0.6 is 22.9 Å². The first-order valence-electron chi connectivity index (χ1n) is 8.85. The zero-order valence-electron chi connectivity index (χ0n) is 14.7. The fourth-order valence-electron chi connectivity index (χ4n) is 3.92. The second kappa shape index (κ2) is 7.11. The number of aryl methyl sites for hydroxylation is 1. The van der Waals surface area contributed by atoms with E-state index in [0.717, 1.165) is 6.42 Å². The highest BCUT2D eigenvalue weighted by Gasteiger charge is 2.62. The maximum absolute atomic E-state index is 13.3. The SMILES string of the molecule is C=CCN1CC2C(=O)N(c3ccc(Cl)cc3)NC2(CCc2cccs2)C1=O. The predicted molar refractivity (Wildman–Crippen MR) is 108 cm³/mol. The minimum absolute atomic E-state index is 0.0335. The van der Waals surface area contributed by atoms with E-state index in [4.69, 9.17) is 11.6 Å². The lowest BCUT2D eigenvalue weighted by Gasteiger charge is -2.28. The Balaban J connectivity index is 1.65. The summed E-state index contributed by atoms with van der Waals surface area (Å²) in [7, 11) is 0. The van der Waals surface area contributed by atoms with Gasteiger partial charge in [0.25, 0.3) is 0 Å². The zero-order valence-corrected chi connectivity index (χ0v) is 16.3. The number of carbonyl (C=O) groups excluding carboxylic acids is 2. The third kappa shape index (κ3) is 3.08. The van der Waals surface area contributed by atoms with Crippen LogP contribution in [-0.2, 0) is 16.0 Å². The lowest BCUT2D eigenvalue weighted by Crippen LogP contribution is -2.54. The Labute approximate surface area is 167 Å². The molecule has 2 atom stereocenters. The molecule has 0 spiro atoms. The van der Waals surface area contributed by atoms with Crippen molar-refractivity contribution in [1.29, 1.82) is 0 Å². The Hall–Kier alpha value is -2.15. The Kier molecular flexibility index (Phi) is 4.80. The molecule has 140 valence electrons. The van der Waals surface area contributed by atoms with Crippen molar-refractivity contribution in [3.63, 3.8) is 0 Å². The molecular weight excluding hydrogens is 382 g/mol. The standard InChI is InChI=1S/C20H20ClN3O2S/c1-2-11-23-13-17-18(25)24(15-7-5-14(21)6-8-15)22-20(17,19(23)26)10-9-16-4-3-12-27-16/h2-8,12,17,22H,1,9-11,13H2. The van der Waals surface area contributed by atoms with Crippen molar-refractivity contribution in [3.8, 4) is 0 Å². The topological polar surface area (TPSA) is 52.7 Å². The van der Waals surface area contributed by atoms with Gasteiger partial charge in [-0.3, -0.25) is 9.59 Å². The summed E-state index contributed by atoms with van der Waals surface area (Å²) in [6, 6.07) is 11.1. The Bertz CT molecular complexity index is 868. The molecule has 0 aliphatic carbocycles. The van der Waals surface area contributed by atoms with E-state index in [9.17, 15) is 9.59 Å². The van der Waals surface area contributed by atoms with Gasteiger partial charge in [0.2, 0.25) is 11.8 Å². The molecule has 0 radical (unpaired) electrons. The van der Waals surface area contributed by atoms with E-state index >= 15 is 0 Å². The van der Waals surface area contributed by atoms with Crippen molar-refractivity contribution in [1.82, 2.24) is 10.3 Å². The van der Waals surface area contributed by atoms with E-state index in [2.05, 4.69) is 18.1 Å². The second-order valence-corrected chi connectivity index (χ2v) is 8.33. The lowest BCUT2D eigenvalue weighted by molar-refractivity contribution is -0.133. The van der Waals surface area contributed by atoms with Gasteiger partial charge in [-0.25, -0.2) is 10.4 Å². The Morgan fingerprint density at radius 3 is 2.74 bits per heavy atom. The van der Waals surface area contributed by atoms with Crippen molar-refractivity contribution in [2.24, 2.45) is 5.92 Å². The summed E-state index contributed by atoms with van der Waals surface area (Å²) in [6.45, 7) is 4.59. The van der Waals surface area contributed by atoms with Crippen molar-refractivity contribution in [2.75, 3.05) is 18.1 Å². The summed E-state index contributed by atoms with van der Waals surface area (Å²) >= 11 is 7.64. The normalized spacial score (nSPS) is 24.6. The third-order valence-corrected chi connectivity index (χ3v) is 6.46. The number of hydrogen-bond acceptors (Lipinski definition) is 4. The number of benzene rings is 1. The number of anilines is 1. The number of halogens is 1. The van der Waals surface area contributed by atoms with Crippen LogP contribution in [0.1, 0.15) is 11.3 Å². The van der Waals surface area contributed by atoms with E-state index in [1.54, 1.807) is 46.6 Å². The smallest absolute Gasteiger partial charge is 0.248 e. The number of nitrogens with one attached hydrogen (secondary N) is 1. The van der Waals surface area contributed by atoms with Gasteiger partial charge in [-0.2, -0.15) is 0 Å². The zero-order chi connectivity index (χ0) is 19.0. The summed E-state index contributed by atoms with van der Waals surface area (Å²) in [5.41, 5.74) is 3.05. The Morgan fingerprint density at radius 1 is 1.30 bits per heavy atom. The average molecular weight is 402 g/mol. The molecule has 2 saturated heterocycles. The molecule has 3 heterocycles. The van der Waals surface area contributed by atoms with Gasteiger partial charge >= 0.3 is 0 Å². The number of hydrogen-bond donors (Lipinski definition) is 1. The van der Waals surface area contributed by atoms with Crippen LogP contribution in [0.25, 0.3) is 0 Å². The molecule has 4 rings (SSSR count). The van der Waals surface area contributed by atoms with Gasteiger partial charge in [-0.1, -0.05) is 23.7 Å². The molecule has 27 heavy (non-hydrogen) atoms. The summed E-state index contributed by atoms with van der Waals surface area (Å²) in [5.74, 6) is -0.530. The number of nitrogens with zero attached hydrogens (tertiary/aromatic N) is 2. The molecule has 2 fully saturated rings. The molecule has 2 unspecified atom stereocenters. The number of likely N-dealkylation sites (tertiary alicyclic amines) is 1. The van der Waals surface area contributed by atoms with Gasteiger partial charge in [-0.05, 0) is 48.6 Å². The molecular formula is C20H20ClN3O2S. The first kappa shape index (κ1) is 18.2. The highest BCUT2D eigenvalue weighted by molar-refractivity contribution is 7.09. The van der Waals surface area contributed by atoms with Crippen molar-refractivity contribution in [2.45, 2.75) is 18.4 Å². The number of thiophene rings is 1. The van der Waals surface area contributed by atoms with Gasteiger partial charge in [0.1, 0.15) is 5.54 Å². The van der Waals surface area contributed by atoms with Gasteiger partial charge in [0.15, 0.2) is 0 Å². The van der Waals surface area contributed by atoms with E-state index in [1.165, 1.54) is 9.89 Å². The number of rotatable bonds is 6. The molecule has 1 aromatic heterocycles. The Morgan fingerprint density at radius 2 is 2.07 bits per heavy atom. The maximum atomic E-state index is 13.3. The van der Waals surface area contributed by atoms with E-state index in [-0.39, 0.29) is 11.8 Å². The van der Waals surface area contributed by atoms with E-state index in [1.807, 2.05) is 11.4 Å². The van der Waals surface area contributed by atoms with Crippen LogP contribution in [0.5, 0.6) is 0 Å². The van der Waals surface area contributed by atoms with Crippen LogP contribution in [0.4, 0.5) is 5.69 Å². The number of hydrazine groups is 1. The van der Waals surface area contributed by atoms with E-state index in [0.29, 0.717) is 30.2 Å². The minimum Gasteiger partial charge on any atom is -0.336 e. The molecule has 2 amide bonds. The van der Waals surface area contributed by atoms with Crippen LogP contribution in [-0.4, -0.2) is 35.3 Å². The van der Waals surface area contributed by atoms with Crippen molar-refractivity contribution < 1.29 is 9.59 Å². The molecule has 2 aromatic rings. The molecule has 2 aliphatic rings. The molecule has 1 aromatic carbocycles. The molecule has 5 nitrogen and oxygen atoms in total. The summed E-state index contributed by atoms with van der Waals surface area (Å²) in [6.07, 6.45) is 3.02. The van der Waals surface area contributed by atoms with E-state index < -0.39 is 11.5 Å². The molecule has 7 heteroatoms. The fraction of sp³-hybridized carbons (Fsp3) is 0.300. The maximum Gasteiger partial charge on any atom is 0.248 e. The first-order chi connectivity index (χ1) is 13.0. The first-order valence-corrected chi connectivity index (χ1v) is 10.1. The largest absolute Gasteiger partial charge is 0.336 e. The van der Waals surface area contributed by atoms with Gasteiger partial charge in [0, 0.05) is 23.0 Å². The monoisotopic (exact) mass is 401 g/mol. The number of amides is 2. The summed E-state index contributed by atoms with van der Waals surface area (Å²) in [5, 5.41) is 4.14. The minimum atomic E-state index is -0.913. The predicted octanol–water partition coefficient (Wildman–Crippen LogP) is 3.27. The van der Waals surface area contributed by atoms with Crippen LogP contribution in [0.15, 0.2) is 54.4 Å². The molecule has 2 aliphatic heterocycles. The summed E-state index contributed by atoms with van der Waals surface area (Å²) in [4.78, 5) is 29.3. The van der Waals surface area contributed by atoms with Crippen LogP contribution in [0, 0.1) is 5.92 Å². The van der Waals surface area contributed by atoms with Crippen LogP contribution in [0.3, 0.4) is 0 Å². The second-order valence-electron chi connectivity index (χ2n) is 6.86. The van der Waals surface area contributed by atoms with Crippen LogP contribution in [0.2, 0.25) is 5.02 Å². The van der Waals surface area contributed by atoms with Gasteiger partial charge in [-0.15, -0.1) is 17.9 Å². The third-order valence-electron chi connectivity index (χ3n) is 5.28. The fourth-order valence-corrected chi connectivity index (χ4v) is 4.76. The van der Waals surface area contributed by atoms with Gasteiger partial charge in [0.05, 0.1) is 11.6 Å². The number of carbonyl (C=O) groups is 2. The highest BCUT2D eigenvalue weighted by atomic mass is 35.5. The van der Waals surface area contributed by atoms with Crippen LogP contribution < -0.4 is 10.4 Å². The quantitative estimate of drug-likeness (QED) is 0.756. The number of fused-ring (bicyclic) bond motifs is 1. The molecule has 0 bridgehead atoms. The summed E-state index contributed by atoms with van der Waals surface area (Å²) < 4.78 is 0. The highest BCUT2D eigenvalue weighted by Crippen LogP contribution is 2.41. The molecule has 0 saturated carbocycles. The van der Waals surface area contributed by atoms with Crippen molar-refractivity contribution >= 4 is 40.4 Å². The molecule has 1 N–H and O–H groups in total. The van der Waals surface area contributed by atoms with Crippen molar-refractivity contribution in [3.05, 3.63) is 64.3 Å². The van der Waals surface area contributed by atoms with Gasteiger partial charge < -0.3 is 4.90 Å². The lowest BCUT2D eigenvalue weighted by atomic mass is 9.84. The average Bonchev–Trinajstić information content (AvgIpc) is 3.34.